The highest BCUT2D eigenvalue weighted by molar-refractivity contribution is 8.14. The van der Waals surface area contributed by atoms with Gasteiger partial charge < -0.3 is 5.32 Å². The van der Waals surface area contributed by atoms with Crippen molar-refractivity contribution >= 4 is 34.6 Å². The van der Waals surface area contributed by atoms with E-state index in [0.717, 1.165) is 22.4 Å². The first-order valence-corrected chi connectivity index (χ1v) is 8.23. The lowest BCUT2D eigenvalue weighted by Gasteiger charge is -2.19. The molecule has 2 rings (SSSR count). The summed E-state index contributed by atoms with van der Waals surface area (Å²) in [6, 6.07) is 10.0. The van der Waals surface area contributed by atoms with Gasteiger partial charge in [-0.15, -0.1) is 11.8 Å². The first-order valence-electron chi connectivity index (χ1n) is 6.36. The van der Waals surface area contributed by atoms with Gasteiger partial charge in [-0.1, -0.05) is 43.8 Å². The molecule has 0 bridgehead atoms. The monoisotopic (exact) mass is 294 g/mol. The minimum Gasteiger partial charge on any atom is -0.304 e. The summed E-state index contributed by atoms with van der Waals surface area (Å²) in [5.41, 5.74) is 0. The van der Waals surface area contributed by atoms with E-state index in [9.17, 15) is 4.79 Å². The van der Waals surface area contributed by atoms with Crippen molar-refractivity contribution in [3.63, 3.8) is 0 Å². The number of nitrogens with one attached hydrogen (secondary N) is 1. The van der Waals surface area contributed by atoms with Gasteiger partial charge in [0.2, 0.25) is 5.91 Å². The van der Waals surface area contributed by atoms with E-state index >= 15 is 0 Å². The highest BCUT2D eigenvalue weighted by Crippen LogP contribution is 2.28. The van der Waals surface area contributed by atoms with E-state index in [-0.39, 0.29) is 17.1 Å². The number of aliphatic imine (C=N–C) groups is 1. The van der Waals surface area contributed by atoms with Gasteiger partial charge in [0.25, 0.3) is 0 Å². The molecule has 0 spiro atoms. The van der Waals surface area contributed by atoms with Gasteiger partial charge in [0, 0.05) is 10.6 Å². The number of nitrogens with zero attached hydrogens (tertiary/aromatic N) is 1. The Labute approximate surface area is 122 Å². The minimum absolute atomic E-state index is 0.0528. The second-order valence-electron chi connectivity index (χ2n) is 4.62. The Morgan fingerprint density at radius 3 is 2.68 bits per heavy atom. The Morgan fingerprint density at radius 1 is 1.37 bits per heavy atom. The van der Waals surface area contributed by atoms with Gasteiger partial charge >= 0.3 is 0 Å². The average Bonchev–Trinajstić information content (AvgIpc) is 2.89. The quantitative estimate of drug-likeness (QED) is 0.868. The van der Waals surface area contributed by atoms with Crippen LogP contribution in [0.5, 0.6) is 0 Å². The summed E-state index contributed by atoms with van der Waals surface area (Å²) in [6.45, 7) is 4.95. The fourth-order valence-corrected chi connectivity index (χ4v) is 3.50. The number of hydrogen-bond donors (Lipinski definition) is 1. The number of carbonyl (C=O) groups is 1. The Bertz CT molecular complexity index is 460. The summed E-state index contributed by atoms with van der Waals surface area (Å²) in [5, 5.41) is 3.61. The van der Waals surface area contributed by atoms with E-state index in [4.69, 9.17) is 0 Å². The number of rotatable bonds is 4. The first kappa shape index (κ1) is 14.5. The number of benzene rings is 1. The van der Waals surface area contributed by atoms with Crippen molar-refractivity contribution < 1.29 is 4.79 Å². The molecule has 1 amide bonds. The third kappa shape index (κ3) is 4.28. The SMILES string of the molecule is CC(C)[C@@H](Sc1ccccc1)C(=O)NC1=NCCS1. The van der Waals surface area contributed by atoms with Gasteiger partial charge in [-0.3, -0.25) is 9.79 Å². The molecule has 1 aliphatic rings. The number of hydrogen-bond acceptors (Lipinski definition) is 4. The highest BCUT2D eigenvalue weighted by Gasteiger charge is 2.25. The maximum atomic E-state index is 12.3. The summed E-state index contributed by atoms with van der Waals surface area (Å²) >= 11 is 3.23. The Morgan fingerprint density at radius 2 is 2.11 bits per heavy atom. The molecule has 1 aromatic carbocycles. The van der Waals surface area contributed by atoms with Crippen molar-refractivity contribution in [1.29, 1.82) is 0 Å². The third-order valence-electron chi connectivity index (χ3n) is 2.69. The van der Waals surface area contributed by atoms with Crippen molar-refractivity contribution in [2.75, 3.05) is 12.3 Å². The maximum absolute atomic E-state index is 12.3. The van der Waals surface area contributed by atoms with Crippen LogP contribution in [-0.2, 0) is 4.79 Å². The fourth-order valence-electron chi connectivity index (χ4n) is 1.73. The van der Waals surface area contributed by atoms with Crippen LogP contribution in [-0.4, -0.2) is 28.6 Å². The molecule has 5 heteroatoms. The summed E-state index contributed by atoms with van der Waals surface area (Å²) in [6.07, 6.45) is 0. The van der Waals surface area contributed by atoms with Crippen molar-refractivity contribution in [1.82, 2.24) is 5.32 Å². The molecule has 1 N–H and O–H groups in total. The largest absolute Gasteiger partial charge is 0.304 e. The van der Waals surface area contributed by atoms with Crippen LogP contribution in [0.25, 0.3) is 0 Å². The van der Waals surface area contributed by atoms with Crippen LogP contribution in [0.3, 0.4) is 0 Å². The van der Waals surface area contributed by atoms with Crippen LogP contribution < -0.4 is 5.32 Å². The summed E-state index contributed by atoms with van der Waals surface area (Å²) in [5.74, 6) is 1.29. The molecule has 0 aromatic heterocycles. The number of thioether (sulfide) groups is 2. The molecule has 1 aliphatic heterocycles. The topological polar surface area (TPSA) is 41.5 Å². The van der Waals surface area contributed by atoms with Gasteiger partial charge in [0.05, 0.1) is 11.8 Å². The van der Waals surface area contributed by atoms with Gasteiger partial charge in [0.1, 0.15) is 0 Å². The molecule has 3 nitrogen and oxygen atoms in total. The predicted octanol–water partition coefficient (Wildman–Crippen LogP) is 3.02. The van der Waals surface area contributed by atoms with E-state index < -0.39 is 0 Å². The van der Waals surface area contributed by atoms with Crippen molar-refractivity contribution in [2.45, 2.75) is 24.0 Å². The van der Waals surface area contributed by atoms with Crippen LogP contribution in [0.15, 0.2) is 40.2 Å². The molecular formula is C14H18N2OS2. The number of amides is 1. The van der Waals surface area contributed by atoms with E-state index in [0.29, 0.717) is 0 Å². The van der Waals surface area contributed by atoms with Gasteiger partial charge in [-0.05, 0) is 18.1 Å². The van der Waals surface area contributed by atoms with Crippen LogP contribution in [0.2, 0.25) is 0 Å². The normalized spacial score (nSPS) is 16.3. The molecule has 0 fully saturated rings. The lowest BCUT2D eigenvalue weighted by Crippen LogP contribution is -2.38. The molecule has 1 heterocycles. The van der Waals surface area contributed by atoms with Crippen molar-refractivity contribution in [2.24, 2.45) is 10.9 Å². The van der Waals surface area contributed by atoms with E-state index in [1.54, 1.807) is 23.5 Å². The molecule has 0 saturated carbocycles. The molecule has 19 heavy (non-hydrogen) atoms. The smallest absolute Gasteiger partial charge is 0.239 e. The molecule has 1 atom stereocenters. The lowest BCUT2D eigenvalue weighted by molar-refractivity contribution is -0.119. The second-order valence-corrected chi connectivity index (χ2v) is 6.92. The van der Waals surface area contributed by atoms with Crippen LogP contribution in [0.1, 0.15) is 13.8 Å². The zero-order valence-electron chi connectivity index (χ0n) is 11.1. The molecule has 0 unspecified atom stereocenters. The summed E-state index contributed by atoms with van der Waals surface area (Å²) in [4.78, 5) is 17.7. The molecule has 1 aromatic rings. The fraction of sp³-hybridized carbons (Fsp3) is 0.429. The predicted molar refractivity (Wildman–Crippen MR) is 83.8 cm³/mol. The molecular weight excluding hydrogens is 276 g/mol. The zero-order chi connectivity index (χ0) is 13.7. The average molecular weight is 294 g/mol. The standard InChI is InChI=1S/C14H18N2OS2/c1-10(2)12(19-11-6-4-3-5-7-11)13(17)16-14-15-8-9-18-14/h3-7,10,12H,8-9H2,1-2H3,(H,15,16,17)/t12-/m1/s1. The number of amidine groups is 1. The third-order valence-corrected chi connectivity index (χ3v) is 5.13. The Balaban J connectivity index is 2.01. The van der Waals surface area contributed by atoms with Crippen LogP contribution in [0, 0.1) is 5.92 Å². The van der Waals surface area contributed by atoms with Crippen LogP contribution >= 0.6 is 23.5 Å². The van der Waals surface area contributed by atoms with Gasteiger partial charge in [-0.2, -0.15) is 0 Å². The van der Waals surface area contributed by atoms with E-state index in [1.807, 2.05) is 30.3 Å². The van der Waals surface area contributed by atoms with E-state index in [2.05, 4.69) is 24.2 Å². The molecule has 0 saturated heterocycles. The maximum Gasteiger partial charge on any atom is 0.239 e. The molecule has 102 valence electrons. The zero-order valence-corrected chi connectivity index (χ0v) is 12.8. The number of carbonyl (C=O) groups excluding carboxylic acids is 1. The van der Waals surface area contributed by atoms with Crippen molar-refractivity contribution in [3.8, 4) is 0 Å². The Kier molecular flexibility index (Phi) is 5.34. The minimum atomic E-state index is -0.0914. The molecule has 0 radical (unpaired) electrons. The van der Waals surface area contributed by atoms with Crippen LogP contribution in [0.4, 0.5) is 0 Å². The second kappa shape index (κ2) is 7.01. The van der Waals surface area contributed by atoms with Gasteiger partial charge in [-0.25, -0.2) is 0 Å². The summed E-state index contributed by atoms with van der Waals surface area (Å²) in [7, 11) is 0. The van der Waals surface area contributed by atoms with Crippen molar-refractivity contribution in [3.05, 3.63) is 30.3 Å². The van der Waals surface area contributed by atoms with Gasteiger partial charge in [0.15, 0.2) is 5.17 Å². The molecule has 0 aliphatic carbocycles. The van der Waals surface area contributed by atoms with E-state index in [1.165, 1.54) is 0 Å². The highest BCUT2D eigenvalue weighted by atomic mass is 32.2. The lowest BCUT2D eigenvalue weighted by atomic mass is 10.1. The first-order chi connectivity index (χ1) is 9.16. The summed E-state index contributed by atoms with van der Waals surface area (Å²) < 4.78 is 0. The Hall–Kier alpha value is -0.940.